The minimum Gasteiger partial charge on any atom is -0.329 e. The van der Waals surface area contributed by atoms with E-state index in [9.17, 15) is 8.78 Å². The molecule has 0 radical (unpaired) electrons. The molecule has 2 fully saturated rings. The minimum absolute atomic E-state index is 0.202. The van der Waals surface area contributed by atoms with Gasteiger partial charge in [0, 0.05) is 18.2 Å². The maximum atomic E-state index is 14.2. The number of benzene rings is 1. The topological polar surface area (TPSA) is 29.3 Å². The zero-order valence-corrected chi connectivity index (χ0v) is 12.4. The first-order valence-corrected chi connectivity index (χ1v) is 8.12. The smallest absolute Gasteiger partial charge is 0.163 e. The first-order chi connectivity index (χ1) is 10.2. The van der Waals surface area contributed by atoms with Crippen molar-refractivity contribution in [2.45, 2.75) is 50.6 Å². The van der Waals surface area contributed by atoms with Crippen molar-refractivity contribution in [3.63, 3.8) is 0 Å². The van der Waals surface area contributed by atoms with E-state index in [0.717, 1.165) is 19.4 Å². The van der Waals surface area contributed by atoms with Crippen molar-refractivity contribution in [3.8, 4) is 0 Å². The van der Waals surface area contributed by atoms with Crippen LogP contribution in [0.1, 0.15) is 50.1 Å². The second-order valence-electron chi connectivity index (χ2n) is 6.39. The van der Waals surface area contributed by atoms with Crippen molar-refractivity contribution in [3.05, 3.63) is 35.4 Å². The summed E-state index contributed by atoms with van der Waals surface area (Å²) in [5, 5.41) is 0. The van der Waals surface area contributed by atoms with Gasteiger partial charge in [-0.15, -0.1) is 0 Å². The van der Waals surface area contributed by atoms with E-state index in [1.54, 1.807) is 12.1 Å². The Morgan fingerprint density at radius 3 is 2.71 bits per heavy atom. The second-order valence-corrected chi connectivity index (χ2v) is 6.39. The van der Waals surface area contributed by atoms with Crippen molar-refractivity contribution in [1.82, 2.24) is 4.90 Å². The third-order valence-electron chi connectivity index (χ3n) is 5.25. The fourth-order valence-corrected chi connectivity index (χ4v) is 4.27. The molecule has 3 atom stereocenters. The SMILES string of the molecule is NCC(c1cccc(F)c1F)N1CCCC2CCCCC21. The molecule has 3 unspecified atom stereocenters. The van der Waals surface area contributed by atoms with Gasteiger partial charge in [-0.25, -0.2) is 8.78 Å². The second kappa shape index (κ2) is 6.41. The lowest BCUT2D eigenvalue weighted by atomic mass is 9.77. The van der Waals surface area contributed by atoms with Crippen LogP contribution in [0.15, 0.2) is 18.2 Å². The van der Waals surface area contributed by atoms with Gasteiger partial charge in [0.2, 0.25) is 0 Å². The molecule has 1 saturated heterocycles. The van der Waals surface area contributed by atoms with Gasteiger partial charge in [-0.05, 0) is 44.2 Å². The van der Waals surface area contributed by atoms with Crippen molar-refractivity contribution < 1.29 is 8.78 Å². The van der Waals surface area contributed by atoms with Gasteiger partial charge in [-0.1, -0.05) is 25.0 Å². The Morgan fingerprint density at radius 2 is 1.90 bits per heavy atom. The Morgan fingerprint density at radius 1 is 1.14 bits per heavy atom. The summed E-state index contributed by atoms with van der Waals surface area (Å²) in [5.41, 5.74) is 6.37. The minimum atomic E-state index is -0.775. The molecule has 0 aromatic heterocycles. The molecule has 1 saturated carbocycles. The van der Waals surface area contributed by atoms with Crippen molar-refractivity contribution in [2.75, 3.05) is 13.1 Å². The molecule has 21 heavy (non-hydrogen) atoms. The largest absolute Gasteiger partial charge is 0.329 e. The van der Waals surface area contributed by atoms with Crippen LogP contribution in [-0.4, -0.2) is 24.0 Å². The number of nitrogens with zero attached hydrogens (tertiary/aromatic N) is 1. The Balaban J connectivity index is 1.89. The van der Waals surface area contributed by atoms with Crippen molar-refractivity contribution in [2.24, 2.45) is 11.7 Å². The van der Waals surface area contributed by atoms with E-state index < -0.39 is 11.6 Å². The van der Waals surface area contributed by atoms with Crippen LogP contribution in [0.2, 0.25) is 0 Å². The molecule has 2 nitrogen and oxygen atoms in total. The van der Waals surface area contributed by atoms with Gasteiger partial charge in [0.15, 0.2) is 11.6 Å². The number of rotatable bonds is 3. The molecule has 1 aromatic carbocycles. The molecule has 1 aliphatic carbocycles. The number of likely N-dealkylation sites (tertiary alicyclic amines) is 1. The van der Waals surface area contributed by atoms with E-state index in [-0.39, 0.29) is 6.04 Å². The molecule has 2 N–H and O–H groups in total. The van der Waals surface area contributed by atoms with Crippen LogP contribution in [0.5, 0.6) is 0 Å². The fourth-order valence-electron chi connectivity index (χ4n) is 4.27. The predicted octanol–water partition coefficient (Wildman–Crippen LogP) is 3.62. The fraction of sp³-hybridized carbons (Fsp3) is 0.647. The van der Waals surface area contributed by atoms with Gasteiger partial charge in [-0.2, -0.15) is 0 Å². The summed E-state index contributed by atoms with van der Waals surface area (Å²) in [4.78, 5) is 2.35. The summed E-state index contributed by atoms with van der Waals surface area (Å²) in [7, 11) is 0. The molecule has 0 spiro atoms. The highest BCUT2D eigenvalue weighted by Crippen LogP contribution is 2.39. The molecule has 0 bridgehead atoms. The van der Waals surface area contributed by atoms with Crippen LogP contribution in [-0.2, 0) is 0 Å². The van der Waals surface area contributed by atoms with Crippen molar-refractivity contribution in [1.29, 1.82) is 0 Å². The lowest BCUT2D eigenvalue weighted by molar-refractivity contribution is 0.0263. The van der Waals surface area contributed by atoms with Crippen LogP contribution in [0.3, 0.4) is 0 Å². The summed E-state index contributed by atoms with van der Waals surface area (Å²) in [5.74, 6) is -0.799. The number of halogens is 2. The van der Waals surface area contributed by atoms with Gasteiger partial charge < -0.3 is 5.73 Å². The molecule has 2 aliphatic rings. The summed E-state index contributed by atoms with van der Waals surface area (Å²) >= 11 is 0. The Bertz CT molecular complexity index is 490. The molecule has 3 rings (SSSR count). The highest BCUT2D eigenvalue weighted by Gasteiger charge is 2.37. The van der Waals surface area contributed by atoms with Crippen molar-refractivity contribution >= 4 is 0 Å². The van der Waals surface area contributed by atoms with Gasteiger partial charge in [0.25, 0.3) is 0 Å². The average molecular weight is 294 g/mol. The third-order valence-corrected chi connectivity index (χ3v) is 5.25. The monoisotopic (exact) mass is 294 g/mol. The molecular weight excluding hydrogens is 270 g/mol. The highest BCUT2D eigenvalue weighted by molar-refractivity contribution is 5.23. The first-order valence-electron chi connectivity index (χ1n) is 8.12. The third kappa shape index (κ3) is 2.84. The van der Waals surface area contributed by atoms with Gasteiger partial charge in [0.05, 0.1) is 6.04 Å². The van der Waals surface area contributed by atoms with Crippen LogP contribution in [0, 0.1) is 17.6 Å². The Kier molecular flexibility index (Phi) is 4.55. The van der Waals surface area contributed by atoms with E-state index in [0.29, 0.717) is 24.1 Å². The zero-order chi connectivity index (χ0) is 14.8. The summed E-state index contributed by atoms with van der Waals surface area (Å²) in [6.45, 7) is 1.28. The number of hydrogen-bond acceptors (Lipinski definition) is 2. The Hall–Kier alpha value is -1.00. The van der Waals surface area contributed by atoms with Crippen LogP contribution < -0.4 is 5.73 Å². The standard InChI is InChI=1S/C17H24F2N2/c18-14-8-3-7-13(17(14)19)16(11-20)21-10-4-6-12-5-1-2-9-15(12)21/h3,7-8,12,15-16H,1-2,4-6,9-11,20H2. The number of piperidine rings is 1. The maximum Gasteiger partial charge on any atom is 0.163 e. The lowest BCUT2D eigenvalue weighted by Crippen LogP contribution is -2.50. The van der Waals surface area contributed by atoms with Gasteiger partial charge in [-0.3, -0.25) is 4.90 Å². The number of nitrogens with two attached hydrogens (primary N) is 1. The number of fused-ring (bicyclic) bond motifs is 1. The summed E-state index contributed by atoms with van der Waals surface area (Å²) < 4.78 is 27.7. The quantitative estimate of drug-likeness (QED) is 0.922. The lowest BCUT2D eigenvalue weighted by Gasteiger charge is -2.47. The maximum absolute atomic E-state index is 14.2. The summed E-state index contributed by atoms with van der Waals surface area (Å²) in [6, 6.07) is 4.72. The van der Waals surface area contributed by atoms with E-state index in [1.807, 2.05) is 0 Å². The van der Waals surface area contributed by atoms with E-state index in [4.69, 9.17) is 5.73 Å². The first kappa shape index (κ1) is 14.9. The molecule has 1 heterocycles. The zero-order valence-electron chi connectivity index (χ0n) is 12.4. The Labute approximate surface area is 125 Å². The predicted molar refractivity (Wildman–Crippen MR) is 79.8 cm³/mol. The van der Waals surface area contributed by atoms with Crippen LogP contribution >= 0.6 is 0 Å². The molecule has 4 heteroatoms. The van der Waals surface area contributed by atoms with Crippen LogP contribution in [0.25, 0.3) is 0 Å². The number of hydrogen-bond donors (Lipinski definition) is 1. The summed E-state index contributed by atoms with van der Waals surface area (Å²) in [6.07, 6.45) is 7.37. The molecule has 116 valence electrons. The van der Waals surface area contributed by atoms with Crippen LogP contribution in [0.4, 0.5) is 8.78 Å². The van der Waals surface area contributed by atoms with E-state index >= 15 is 0 Å². The van der Waals surface area contributed by atoms with E-state index in [1.165, 1.54) is 31.7 Å². The highest BCUT2D eigenvalue weighted by atomic mass is 19.2. The van der Waals surface area contributed by atoms with Gasteiger partial charge in [0.1, 0.15) is 0 Å². The molecule has 0 amide bonds. The normalized spacial score (nSPS) is 28.1. The van der Waals surface area contributed by atoms with E-state index in [2.05, 4.69) is 4.90 Å². The average Bonchev–Trinajstić information content (AvgIpc) is 2.52. The van der Waals surface area contributed by atoms with Gasteiger partial charge >= 0.3 is 0 Å². The molecule has 1 aromatic rings. The molecule has 1 aliphatic heterocycles. The molecular formula is C17H24F2N2.